The summed E-state index contributed by atoms with van der Waals surface area (Å²) in [6.45, 7) is 3.70. The third kappa shape index (κ3) is 8.21. The van der Waals surface area contributed by atoms with Gasteiger partial charge in [0.25, 0.3) is 0 Å². The first-order valence-corrected chi connectivity index (χ1v) is 14.7. The van der Waals surface area contributed by atoms with E-state index in [2.05, 4.69) is 5.32 Å². The summed E-state index contributed by atoms with van der Waals surface area (Å²) < 4.78 is 26.6. The number of amides is 2. The molecule has 38 heavy (non-hydrogen) atoms. The molecule has 0 spiro atoms. The third-order valence-corrected chi connectivity index (χ3v) is 7.45. The van der Waals surface area contributed by atoms with Gasteiger partial charge in [-0.1, -0.05) is 83.4 Å². The minimum Gasteiger partial charge on any atom is -0.355 e. The van der Waals surface area contributed by atoms with Crippen molar-refractivity contribution in [2.75, 3.05) is 23.7 Å². The number of nitrogens with zero attached hydrogens (tertiary/aromatic N) is 2. The highest BCUT2D eigenvalue weighted by molar-refractivity contribution is 7.92. The molecule has 1 unspecified atom stereocenters. The minimum absolute atomic E-state index is 0.114. The number of hydrogen-bond acceptors (Lipinski definition) is 4. The Morgan fingerprint density at radius 1 is 0.921 bits per heavy atom. The van der Waals surface area contributed by atoms with Gasteiger partial charge in [-0.3, -0.25) is 13.9 Å². The maximum Gasteiger partial charge on any atom is 0.244 e. The summed E-state index contributed by atoms with van der Waals surface area (Å²) in [6, 6.07) is 20.5. The molecule has 0 saturated carbocycles. The summed E-state index contributed by atoms with van der Waals surface area (Å²) in [7, 11) is -3.91. The molecule has 1 atom stereocenters. The molecule has 202 valence electrons. The van der Waals surface area contributed by atoms with Gasteiger partial charge in [0.05, 0.1) is 11.9 Å². The lowest BCUT2D eigenvalue weighted by atomic mass is 10.0. The summed E-state index contributed by atoms with van der Waals surface area (Å²) in [5.74, 6) is -0.866. The number of aryl methyl sites for hydroxylation is 1. The van der Waals surface area contributed by atoms with E-state index in [1.807, 2.05) is 61.5 Å². The summed E-state index contributed by atoms with van der Waals surface area (Å²) >= 11 is 12.3. The fourth-order valence-corrected chi connectivity index (χ4v) is 5.50. The lowest BCUT2D eigenvalue weighted by Crippen LogP contribution is -2.53. The summed E-state index contributed by atoms with van der Waals surface area (Å²) in [5, 5.41) is 3.29. The molecule has 7 nitrogen and oxygen atoms in total. The highest BCUT2D eigenvalue weighted by Gasteiger charge is 2.33. The molecule has 3 aromatic rings. The molecule has 0 aromatic heterocycles. The van der Waals surface area contributed by atoms with Gasteiger partial charge in [0.15, 0.2) is 0 Å². The Hall–Kier alpha value is -3.07. The van der Waals surface area contributed by atoms with Crippen LogP contribution in [0.15, 0.2) is 72.8 Å². The number of anilines is 1. The van der Waals surface area contributed by atoms with Gasteiger partial charge >= 0.3 is 0 Å². The van der Waals surface area contributed by atoms with Gasteiger partial charge in [0.2, 0.25) is 21.8 Å². The molecule has 3 aromatic carbocycles. The summed E-state index contributed by atoms with van der Waals surface area (Å²) in [4.78, 5) is 28.7. The first kappa shape index (κ1) is 29.5. The predicted octanol–water partition coefficient (Wildman–Crippen LogP) is 4.84. The third-order valence-electron chi connectivity index (χ3n) is 5.87. The van der Waals surface area contributed by atoms with Crippen molar-refractivity contribution in [3.8, 4) is 0 Å². The van der Waals surface area contributed by atoms with Crippen LogP contribution in [0.25, 0.3) is 0 Å². The molecule has 0 bridgehead atoms. The molecule has 2 amide bonds. The van der Waals surface area contributed by atoms with Gasteiger partial charge < -0.3 is 10.2 Å². The van der Waals surface area contributed by atoms with Crippen LogP contribution in [0.5, 0.6) is 0 Å². The second kappa shape index (κ2) is 13.1. The normalized spacial score (nSPS) is 12.0. The topological polar surface area (TPSA) is 86.8 Å². The Balaban J connectivity index is 2.06. The van der Waals surface area contributed by atoms with E-state index in [0.717, 1.165) is 27.3 Å². The van der Waals surface area contributed by atoms with E-state index in [9.17, 15) is 18.0 Å². The van der Waals surface area contributed by atoms with Crippen LogP contribution in [-0.2, 0) is 32.6 Å². The quantitative estimate of drug-likeness (QED) is 0.354. The SMILES string of the molecule is CCNC(=O)C(Cc1ccccc1)N(Cc1cccc(C)c1)C(=O)CN(c1cc(Cl)cc(Cl)c1)S(C)(=O)=O. The van der Waals surface area contributed by atoms with Crippen LogP contribution in [0.3, 0.4) is 0 Å². The Morgan fingerprint density at radius 2 is 1.55 bits per heavy atom. The van der Waals surface area contributed by atoms with Crippen LogP contribution >= 0.6 is 23.2 Å². The van der Waals surface area contributed by atoms with Crippen molar-refractivity contribution in [2.24, 2.45) is 0 Å². The van der Waals surface area contributed by atoms with Gasteiger partial charge in [-0.05, 0) is 43.2 Å². The maximum atomic E-state index is 13.9. The maximum absolute atomic E-state index is 13.9. The second-order valence-corrected chi connectivity index (χ2v) is 11.8. The van der Waals surface area contributed by atoms with Crippen molar-refractivity contribution in [3.63, 3.8) is 0 Å². The van der Waals surface area contributed by atoms with E-state index >= 15 is 0 Å². The van der Waals surface area contributed by atoms with E-state index in [-0.39, 0.29) is 34.6 Å². The fraction of sp³-hybridized carbons (Fsp3) is 0.286. The van der Waals surface area contributed by atoms with Gasteiger partial charge in [0.1, 0.15) is 12.6 Å². The molecule has 10 heteroatoms. The van der Waals surface area contributed by atoms with Gasteiger partial charge in [-0.2, -0.15) is 0 Å². The first-order valence-electron chi connectivity index (χ1n) is 12.1. The van der Waals surface area contributed by atoms with Crippen LogP contribution < -0.4 is 9.62 Å². The van der Waals surface area contributed by atoms with E-state index < -0.39 is 28.5 Å². The lowest BCUT2D eigenvalue weighted by Gasteiger charge is -2.33. The van der Waals surface area contributed by atoms with Gasteiger partial charge in [-0.25, -0.2) is 8.42 Å². The number of benzene rings is 3. The van der Waals surface area contributed by atoms with E-state index in [0.29, 0.717) is 6.54 Å². The van der Waals surface area contributed by atoms with E-state index in [4.69, 9.17) is 23.2 Å². The lowest BCUT2D eigenvalue weighted by molar-refractivity contribution is -0.140. The zero-order chi connectivity index (χ0) is 27.9. The molecule has 0 aliphatic carbocycles. The first-order chi connectivity index (χ1) is 18.0. The van der Waals surface area contributed by atoms with Crippen molar-refractivity contribution >= 4 is 50.7 Å². The molecule has 0 fully saturated rings. The fourth-order valence-electron chi connectivity index (χ4n) is 4.15. The highest BCUT2D eigenvalue weighted by atomic mass is 35.5. The summed E-state index contributed by atoms with van der Waals surface area (Å²) in [5.41, 5.74) is 2.84. The smallest absolute Gasteiger partial charge is 0.244 e. The molecule has 0 radical (unpaired) electrons. The number of carbonyl (C=O) groups is 2. The molecule has 3 rings (SSSR count). The average Bonchev–Trinajstić information content (AvgIpc) is 2.84. The Labute approximate surface area is 234 Å². The van der Waals surface area contributed by atoms with Crippen molar-refractivity contribution in [3.05, 3.63) is 99.5 Å². The predicted molar refractivity (Wildman–Crippen MR) is 153 cm³/mol. The van der Waals surface area contributed by atoms with E-state index in [1.54, 1.807) is 6.92 Å². The van der Waals surface area contributed by atoms with Gasteiger partial charge in [-0.15, -0.1) is 0 Å². The number of hydrogen-bond donors (Lipinski definition) is 1. The number of likely N-dealkylation sites (N-methyl/N-ethyl adjacent to an activating group) is 1. The van der Waals surface area contributed by atoms with Crippen LogP contribution in [-0.4, -0.2) is 50.5 Å². The van der Waals surface area contributed by atoms with Crippen LogP contribution in [0, 0.1) is 6.92 Å². The number of halogens is 2. The number of nitrogens with one attached hydrogen (secondary N) is 1. The Bertz CT molecular complexity index is 1360. The van der Waals surface area contributed by atoms with Crippen molar-refractivity contribution in [1.29, 1.82) is 0 Å². The van der Waals surface area contributed by atoms with Gasteiger partial charge in [0, 0.05) is 29.6 Å². The summed E-state index contributed by atoms with van der Waals surface area (Å²) in [6.07, 6.45) is 1.26. The van der Waals surface area contributed by atoms with Crippen LogP contribution in [0.2, 0.25) is 10.0 Å². The molecule has 0 heterocycles. The molecule has 0 saturated heterocycles. The van der Waals surface area contributed by atoms with Crippen LogP contribution in [0.1, 0.15) is 23.6 Å². The molecular weight excluding hydrogens is 545 g/mol. The largest absolute Gasteiger partial charge is 0.355 e. The zero-order valence-electron chi connectivity index (χ0n) is 21.5. The van der Waals surface area contributed by atoms with Crippen molar-refractivity contribution in [1.82, 2.24) is 10.2 Å². The average molecular weight is 577 g/mol. The molecule has 1 N–H and O–H groups in total. The van der Waals surface area contributed by atoms with E-state index in [1.165, 1.54) is 23.1 Å². The van der Waals surface area contributed by atoms with Crippen molar-refractivity contribution < 1.29 is 18.0 Å². The number of sulfonamides is 1. The molecule has 0 aliphatic rings. The minimum atomic E-state index is -3.91. The highest BCUT2D eigenvalue weighted by Crippen LogP contribution is 2.27. The monoisotopic (exact) mass is 575 g/mol. The Kier molecular flexibility index (Phi) is 10.2. The molecular formula is C28H31Cl2N3O4S. The van der Waals surface area contributed by atoms with Crippen LogP contribution in [0.4, 0.5) is 5.69 Å². The number of carbonyl (C=O) groups excluding carboxylic acids is 2. The standard InChI is InChI=1S/C28H31Cl2N3O4S/c1-4-31-28(35)26(14-21-10-6-5-7-11-21)32(18-22-12-8-9-20(2)13-22)27(34)19-33(38(3,36)37)25-16-23(29)15-24(30)17-25/h5-13,15-17,26H,4,14,18-19H2,1-3H3,(H,31,35). The second-order valence-electron chi connectivity index (χ2n) is 9.01. The molecule has 0 aliphatic heterocycles. The number of rotatable bonds is 11. The van der Waals surface area contributed by atoms with Crippen molar-refractivity contribution in [2.45, 2.75) is 32.9 Å². The Morgan fingerprint density at radius 3 is 2.13 bits per heavy atom. The zero-order valence-corrected chi connectivity index (χ0v) is 23.9.